The molecule has 160 valence electrons. The molecule has 2 atom stereocenters. The van der Waals surface area contributed by atoms with Crippen LogP contribution < -0.4 is 10.5 Å². The van der Waals surface area contributed by atoms with Gasteiger partial charge in [0.15, 0.2) is 9.84 Å². The Bertz CT molecular complexity index is 1150. The van der Waals surface area contributed by atoms with Crippen molar-refractivity contribution in [1.29, 1.82) is 0 Å². The van der Waals surface area contributed by atoms with Crippen LogP contribution in [-0.4, -0.2) is 46.3 Å². The molecule has 0 bridgehead atoms. The molecule has 0 saturated carbocycles. The van der Waals surface area contributed by atoms with Crippen LogP contribution in [0.5, 0.6) is 0 Å². The van der Waals surface area contributed by atoms with Crippen LogP contribution in [0.3, 0.4) is 0 Å². The molecule has 1 heterocycles. The minimum Gasteiger partial charge on any atom is -0.444 e. The lowest BCUT2D eigenvalue weighted by molar-refractivity contribution is -0.127. The summed E-state index contributed by atoms with van der Waals surface area (Å²) in [7, 11) is -7.19. The fourth-order valence-corrected chi connectivity index (χ4v) is 6.09. The maximum absolute atomic E-state index is 12.4. The fraction of sp³-hybridized carbons (Fsp3) is 0.263. The average molecular weight is 453 g/mol. The highest BCUT2D eigenvalue weighted by Crippen LogP contribution is 2.20. The monoisotopic (exact) mass is 452 g/mol. The molecule has 11 heteroatoms. The van der Waals surface area contributed by atoms with Crippen molar-refractivity contribution in [3.63, 3.8) is 0 Å². The van der Waals surface area contributed by atoms with Gasteiger partial charge in [-0.15, -0.1) is 0 Å². The highest BCUT2D eigenvalue weighted by atomic mass is 32.2. The number of amides is 1. The number of nitrogens with one attached hydrogen (secondary N) is 1. The van der Waals surface area contributed by atoms with E-state index in [1.165, 1.54) is 24.3 Å². The zero-order chi connectivity index (χ0) is 21.9. The van der Waals surface area contributed by atoms with Gasteiger partial charge in [0.25, 0.3) is 5.91 Å². The van der Waals surface area contributed by atoms with Gasteiger partial charge in [0.2, 0.25) is 16.1 Å². The van der Waals surface area contributed by atoms with Gasteiger partial charge in [-0.2, -0.15) is 0 Å². The number of nitrogens with two attached hydrogens (primary N) is 1. The number of benzene rings is 2. The molecular weight excluding hydrogens is 432 g/mol. The molecule has 2 unspecified atom stereocenters. The van der Waals surface area contributed by atoms with Gasteiger partial charge < -0.3 is 10.5 Å². The summed E-state index contributed by atoms with van der Waals surface area (Å²) in [6.45, 7) is 0. The first-order valence-electron chi connectivity index (χ1n) is 8.95. The van der Waals surface area contributed by atoms with Crippen LogP contribution in [-0.2, 0) is 29.4 Å². The van der Waals surface area contributed by atoms with Gasteiger partial charge in [-0.25, -0.2) is 26.4 Å². The number of carbonyl (C=O) groups excluding carboxylic acids is 2. The molecule has 9 nitrogen and oxygen atoms in total. The molecule has 0 spiro atoms. The van der Waals surface area contributed by atoms with Crippen LogP contribution >= 0.6 is 0 Å². The lowest BCUT2D eigenvalue weighted by Gasteiger charge is -2.15. The summed E-state index contributed by atoms with van der Waals surface area (Å²) in [6.07, 6.45) is -1.08. The number of hydrogen-bond acceptors (Lipinski definition) is 7. The number of esters is 1. The maximum atomic E-state index is 12.4. The number of ether oxygens (including phenoxy) is 1. The molecule has 1 saturated heterocycles. The smallest absolute Gasteiger partial charge is 0.339 e. The molecule has 30 heavy (non-hydrogen) atoms. The quantitative estimate of drug-likeness (QED) is 0.582. The second kappa shape index (κ2) is 8.54. The Balaban J connectivity index is 1.71. The average Bonchev–Trinajstić information content (AvgIpc) is 3.04. The molecule has 3 N–H and O–H groups in total. The van der Waals surface area contributed by atoms with E-state index in [0.717, 1.165) is 0 Å². The van der Waals surface area contributed by atoms with Gasteiger partial charge in [-0.3, -0.25) is 4.79 Å². The Morgan fingerprint density at radius 2 is 1.70 bits per heavy atom. The molecule has 3 rings (SSSR count). The molecule has 0 radical (unpaired) electrons. The van der Waals surface area contributed by atoms with Crippen molar-refractivity contribution < 1.29 is 31.2 Å². The standard InChI is InChI=1S/C19H20N2O7S2/c20-18(22)17(13-4-2-1-3-5-13)28-19(23)14-6-8-16(9-7-14)30(26,27)21-15-10-11-29(24,25)12-15/h1-9,15,17,21H,10-12H2,(H2,20,22). The van der Waals surface area contributed by atoms with Crippen molar-refractivity contribution in [2.24, 2.45) is 5.73 Å². The maximum Gasteiger partial charge on any atom is 0.339 e. The van der Waals surface area contributed by atoms with E-state index < -0.39 is 43.9 Å². The van der Waals surface area contributed by atoms with Gasteiger partial charge in [-0.05, 0) is 30.7 Å². The van der Waals surface area contributed by atoms with Crippen LogP contribution in [0.25, 0.3) is 0 Å². The van der Waals surface area contributed by atoms with E-state index in [1.807, 2.05) is 0 Å². The van der Waals surface area contributed by atoms with Crippen LogP contribution in [0.15, 0.2) is 59.5 Å². The van der Waals surface area contributed by atoms with Gasteiger partial charge in [0.05, 0.1) is 22.0 Å². The Morgan fingerprint density at radius 1 is 1.07 bits per heavy atom. The molecule has 1 aliphatic heterocycles. The zero-order valence-electron chi connectivity index (χ0n) is 15.7. The van der Waals surface area contributed by atoms with E-state index in [-0.39, 0.29) is 28.4 Å². The number of carbonyl (C=O) groups is 2. The topological polar surface area (TPSA) is 150 Å². The van der Waals surface area contributed by atoms with Gasteiger partial charge >= 0.3 is 5.97 Å². The van der Waals surface area contributed by atoms with Gasteiger partial charge in [-0.1, -0.05) is 30.3 Å². The number of primary amides is 1. The third-order valence-corrected chi connectivity index (χ3v) is 7.84. The Hall–Kier alpha value is -2.76. The van der Waals surface area contributed by atoms with Gasteiger partial charge in [0, 0.05) is 11.6 Å². The number of sulfonamides is 1. The summed E-state index contributed by atoms with van der Waals surface area (Å²) in [5.74, 6) is -2.00. The molecular formula is C19H20N2O7S2. The van der Waals surface area contributed by atoms with Crippen molar-refractivity contribution in [2.75, 3.05) is 11.5 Å². The molecule has 1 aliphatic rings. The third-order valence-electron chi connectivity index (χ3n) is 4.54. The minimum atomic E-state index is -3.96. The third kappa shape index (κ3) is 5.23. The van der Waals surface area contributed by atoms with Gasteiger partial charge in [0.1, 0.15) is 0 Å². The summed E-state index contributed by atoms with van der Waals surface area (Å²) in [6, 6.07) is 12.4. The summed E-state index contributed by atoms with van der Waals surface area (Å²) >= 11 is 0. The second-order valence-electron chi connectivity index (χ2n) is 6.84. The normalized spacial score (nSPS) is 19.1. The highest BCUT2D eigenvalue weighted by Gasteiger charge is 2.31. The Morgan fingerprint density at radius 3 is 2.23 bits per heavy atom. The summed E-state index contributed by atoms with van der Waals surface area (Å²) in [5, 5.41) is 0. The minimum absolute atomic E-state index is 0.0274. The lowest BCUT2D eigenvalue weighted by atomic mass is 10.1. The number of sulfone groups is 1. The Kier molecular flexibility index (Phi) is 6.25. The number of hydrogen-bond donors (Lipinski definition) is 2. The predicted molar refractivity (Wildman–Crippen MR) is 108 cm³/mol. The van der Waals surface area contributed by atoms with Crippen LogP contribution in [0, 0.1) is 0 Å². The van der Waals surface area contributed by atoms with Crippen LogP contribution in [0.1, 0.15) is 28.4 Å². The van der Waals surface area contributed by atoms with E-state index in [4.69, 9.17) is 10.5 Å². The molecule has 2 aromatic rings. The molecule has 2 aromatic carbocycles. The molecule has 0 aromatic heterocycles. The summed E-state index contributed by atoms with van der Waals surface area (Å²) in [4.78, 5) is 23.9. The van der Waals surface area contributed by atoms with E-state index in [9.17, 15) is 26.4 Å². The van der Waals surface area contributed by atoms with E-state index in [0.29, 0.717) is 5.56 Å². The zero-order valence-corrected chi connectivity index (χ0v) is 17.4. The second-order valence-corrected chi connectivity index (χ2v) is 10.8. The lowest BCUT2D eigenvalue weighted by Crippen LogP contribution is -2.35. The van der Waals surface area contributed by atoms with E-state index in [2.05, 4.69) is 4.72 Å². The van der Waals surface area contributed by atoms with E-state index >= 15 is 0 Å². The van der Waals surface area contributed by atoms with Crippen LogP contribution in [0.4, 0.5) is 0 Å². The first kappa shape index (κ1) is 21.9. The molecule has 1 fully saturated rings. The van der Waals surface area contributed by atoms with E-state index in [1.54, 1.807) is 30.3 Å². The van der Waals surface area contributed by atoms with Crippen molar-refractivity contribution in [2.45, 2.75) is 23.5 Å². The predicted octanol–water partition coefficient (Wildman–Crippen LogP) is 0.535. The Labute approximate surface area is 174 Å². The van der Waals surface area contributed by atoms with Crippen molar-refractivity contribution in [1.82, 2.24) is 4.72 Å². The molecule has 1 amide bonds. The number of rotatable bonds is 7. The largest absolute Gasteiger partial charge is 0.444 e. The summed E-state index contributed by atoms with van der Waals surface area (Å²) in [5.41, 5.74) is 5.76. The SMILES string of the molecule is NC(=O)C(OC(=O)c1ccc(S(=O)(=O)NC2CCS(=O)(=O)C2)cc1)c1ccccc1. The molecule has 0 aliphatic carbocycles. The first-order valence-corrected chi connectivity index (χ1v) is 12.3. The first-order chi connectivity index (χ1) is 14.1. The fourth-order valence-electron chi connectivity index (χ4n) is 3.04. The van der Waals surface area contributed by atoms with Crippen molar-refractivity contribution in [3.8, 4) is 0 Å². The van der Waals surface area contributed by atoms with Crippen molar-refractivity contribution >= 4 is 31.7 Å². The van der Waals surface area contributed by atoms with Crippen LogP contribution in [0.2, 0.25) is 0 Å². The van der Waals surface area contributed by atoms with Crippen molar-refractivity contribution in [3.05, 3.63) is 65.7 Å². The highest BCUT2D eigenvalue weighted by molar-refractivity contribution is 7.92. The summed E-state index contributed by atoms with van der Waals surface area (Å²) < 4.78 is 55.5.